The van der Waals surface area contributed by atoms with Crippen LogP contribution in [0.5, 0.6) is 17.2 Å². The van der Waals surface area contributed by atoms with Crippen LogP contribution in [0, 0.1) is 6.92 Å². The molecule has 0 saturated carbocycles. The summed E-state index contributed by atoms with van der Waals surface area (Å²) < 4.78 is 21.1. The number of halogens is 1. The van der Waals surface area contributed by atoms with E-state index in [-0.39, 0.29) is 25.1 Å². The standard InChI is InChI=1S/C19H14ClNO6/c1-10-4-19(23)27-15-7-16(13(20)6-12(10)15)24-8-18(22)21-11-2-3-14-17(5-11)26-9-25-14/h2-7H,8-9H2,1H3,(H,21,22). The van der Waals surface area contributed by atoms with Gasteiger partial charge in [0.1, 0.15) is 11.3 Å². The number of hydrogen-bond acceptors (Lipinski definition) is 6. The Labute approximate surface area is 158 Å². The summed E-state index contributed by atoms with van der Waals surface area (Å²) in [7, 11) is 0. The third-order valence-electron chi connectivity index (χ3n) is 4.02. The van der Waals surface area contributed by atoms with Gasteiger partial charge in [0.2, 0.25) is 6.79 Å². The molecule has 7 nitrogen and oxygen atoms in total. The van der Waals surface area contributed by atoms with E-state index < -0.39 is 5.63 Å². The van der Waals surface area contributed by atoms with Crippen molar-refractivity contribution >= 4 is 34.2 Å². The highest BCUT2D eigenvalue weighted by molar-refractivity contribution is 6.32. The lowest BCUT2D eigenvalue weighted by Crippen LogP contribution is -2.20. The summed E-state index contributed by atoms with van der Waals surface area (Å²) in [5, 5.41) is 3.72. The molecule has 0 aliphatic carbocycles. The number of anilines is 1. The first kappa shape index (κ1) is 17.2. The Morgan fingerprint density at radius 2 is 2.00 bits per heavy atom. The van der Waals surface area contributed by atoms with Crippen molar-refractivity contribution < 1.29 is 23.4 Å². The molecule has 0 atom stereocenters. The highest BCUT2D eigenvalue weighted by Crippen LogP contribution is 2.34. The fraction of sp³-hybridized carbons (Fsp3) is 0.158. The molecule has 1 aliphatic heterocycles. The number of amides is 1. The molecule has 2 aromatic carbocycles. The van der Waals surface area contributed by atoms with E-state index in [1.807, 2.05) is 0 Å². The number of carbonyl (C=O) groups is 1. The van der Waals surface area contributed by atoms with E-state index in [9.17, 15) is 9.59 Å². The first-order valence-electron chi connectivity index (χ1n) is 8.06. The van der Waals surface area contributed by atoms with Crippen molar-refractivity contribution in [1.82, 2.24) is 0 Å². The number of rotatable bonds is 4. The molecule has 0 radical (unpaired) electrons. The SMILES string of the molecule is Cc1cc(=O)oc2cc(OCC(=O)Nc3ccc4c(c3)OCO4)c(Cl)cc12. The molecule has 0 fully saturated rings. The molecule has 1 aromatic heterocycles. The quantitative estimate of drug-likeness (QED) is 0.689. The van der Waals surface area contributed by atoms with Gasteiger partial charge in [0, 0.05) is 29.3 Å². The number of benzene rings is 2. The lowest BCUT2D eigenvalue weighted by atomic mass is 10.1. The summed E-state index contributed by atoms with van der Waals surface area (Å²) in [6.45, 7) is 1.68. The van der Waals surface area contributed by atoms with Gasteiger partial charge >= 0.3 is 5.63 Å². The lowest BCUT2D eigenvalue weighted by molar-refractivity contribution is -0.118. The molecule has 0 unspecified atom stereocenters. The molecular formula is C19H14ClNO6. The van der Waals surface area contributed by atoms with Gasteiger partial charge in [-0.3, -0.25) is 4.79 Å². The predicted octanol–water partition coefficient (Wildman–Crippen LogP) is 3.50. The Hall–Kier alpha value is -3.19. The fourth-order valence-corrected chi connectivity index (χ4v) is 2.96. The third kappa shape index (κ3) is 3.54. The van der Waals surface area contributed by atoms with E-state index in [0.717, 1.165) is 5.56 Å². The molecule has 1 N–H and O–H groups in total. The van der Waals surface area contributed by atoms with Crippen LogP contribution in [0.3, 0.4) is 0 Å². The van der Waals surface area contributed by atoms with Crippen LogP contribution in [0.4, 0.5) is 5.69 Å². The Morgan fingerprint density at radius 3 is 2.85 bits per heavy atom. The number of hydrogen-bond donors (Lipinski definition) is 1. The molecule has 1 aliphatic rings. The average Bonchev–Trinajstić information content (AvgIpc) is 3.08. The fourth-order valence-electron chi connectivity index (χ4n) is 2.74. The van der Waals surface area contributed by atoms with E-state index in [4.69, 9.17) is 30.2 Å². The summed E-state index contributed by atoms with van der Waals surface area (Å²) in [6, 6.07) is 9.61. The molecule has 8 heteroatoms. The predicted molar refractivity (Wildman–Crippen MR) is 98.9 cm³/mol. The maximum atomic E-state index is 12.1. The van der Waals surface area contributed by atoms with Crippen molar-refractivity contribution in [2.45, 2.75) is 6.92 Å². The Bertz CT molecular complexity index is 1110. The van der Waals surface area contributed by atoms with Gasteiger partial charge in [-0.2, -0.15) is 0 Å². The van der Waals surface area contributed by atoms with Crippen LogP contribution in [-0.2, 0) is 4.79 Å². The van der Waals surface area contributed by atoms with Crippen molar-refractivity contribution in [3.63, 3.8) is 0 Å². The number of fused-ring (bicyclic) bond motifs is 2. The summed E-state index contributed by atoms with van der Waals surface area (Å²) >= 11 is 6.22. The van der Waals surface area contributed by atoms with Gasteiger partial charge in [0.05, 0.1) is 5.02 Å². The van der Waals surface area contributed by atoms with Gasteiger partial charge in [-0.05, 0) is 30.7 Å². The molecule has 2 heterocycles. The van der Waals surface area contributed by atoms with Crippen molar-refractivity contribution in [3.8, 4) is 17.2 Å². The number of aryl methyl sites for hydroxylation is 1. The number of ether oxygens (including phenoxy) is 3. The van der Waals surface area contributed by atoms with Crippen molar-refractivity contribution in [2.24, 2.45) is 0 Å². The molecule has 27 heavy (non-hydrogen) atoms. The zero-order valence-corrected chi connectivity index (χ0v) is 15.0. The summed E-state index contributed by atoms with van der Waals surface area (Å²) in [4.78, 5) is 23.7. The van der Waals surface area contributed by atoms with Crippen LogP contribution in [0.25, 0.3) is 11.0 Å². The molecule has 0 spiro atoms. The Morgan fingerprint density at radius 1 is 1.19 bits per heavy atom. The maximum absolute atomic E-state index is 12.1. The smallest absolute Gasteiger partial charge is 0.336 e. The molecule has 3 aromatic rings. The second-order valence-electron chi connectivity index (χ2n) is 5.93. The summed E-state index contributed by atoms with van der Waals surface area (Å²) in [6.07, 6.45) is 0. The monoisotopic (exact) mass is 387 g/mol. The molecule has 0 saturated heterocycles. The number of carbonyl (C=O) groups excluding carboxylic acids is 1. The largest absolute Gasteiger partial charge is 0.482 e. The minimum absolute atomic E-state index is 0.159. The van der Waals surface area contributed by atoms with Gasteiger partial charge in [0.25, 0.3) is 5.91 Å². The average molecular weight is 388 g/mol. The van der Waals surface area contributed by atoms with Crippen molar-refractivity contribution in [3.05, 3.63) is 57.4 Å². The van der Waals surface area contributed by atoms with Crippen molar-refractivity contribution in [2.75, 3.05) is 18.7 Å². The Balaban J connectivity index is 1.47. The van der Waals surface area contributed by atoms with Crippen LogP contribution >= 0.6 is 11.6 Å². The molecule has 4 rings (SSSR count). The summed E-state index contributed by atoms with van der Waals surface area (Å²) in [5.41, 5.74) is 1.18. The van der Waals surface area contributed by atoms with E-state index in [0.29, 0.717) is 33.2 Å². The van der Waals surface area contributed by atoms with Crippen LogP contribution in [0.1, 0.15) is 5.56 Å². The van der Waals surface area contributed by atoms with Gasteiger partial charge < -0.3 is 23.9 Å². The van der Waals surface area contributed by atoms with Gasteiger partial charge in [-0.1, -0.05) is 11.6 Å². The molecule has 1 amide bonds. The molecular weight excluding hydrogens is 374 g/mol. The highest BCUT2D eigenvalue weighted by Gasteiger charge is 2.15. The van der Waals surface area contributed by atoms with Gasteiger partial charge in [-0.15, -0.1) is 0 Å². The maximum Gasteiger partial charge on any atom is 0.336 e. The second kappa shape index (κ2) is 6.85. The second-order valence-corrected chi connectivity index (χ2v) is 6.34. The minimum Gasteiger partial charge on any atom is -0.482 e. The van der Waals surface area contributed by atoms with Crippen molar-refractivity contribution in [1.29, 1.82) is 0 Å². The highest BCUT2D eigenvalue weighted by atomic mass is 35.5. The van der Waals surface area contributed by atoms with Crippen LogP contribution in [0.2, 0.25) is 5.02 Å². The van der Waals surface area contributed by atoms with E-state index >= 15 is 0 Å². The first-order chi connectivity index (χ1) is 13.0. The summed E-state index contributed by atoms with van der Waals surface area (Å²) in [5.74, 6) is 1.06. The Kier molecular flexibility index (Phi) is 4.37. The third-order valence-corrected chi connectivity index (χ3v) is 4.31. The lowest BCUT2D eigenvalue weighted by Gasteiger charge is -2.10. The molecule has 138 valence electrons. The first-order valence-corrected chi connectivity index (χ1v) is 8.44. The van der Waals surface area contributed by atoms with Gasteiger partial charge in [-0.25, -0.2) is 4.79 Å². The van der Waals surface area contributed by atoms with Crippen LogP contribution in [-0.4, -0.2) is 19.3 Å². The van der Waals surface area contributed by atoms with Gasteiger partial charge in [0.15, 0.2) is 18.1 Å². The normalized spacial score (nSPS) is 12.2. The van der Waals surface area contributed by atoms with E-state index in [2.05, 4.69) is 5.32 Å². The van der Waals surface area contributed by atoms with Crippen LogP contribution in [0.15, 0.2) is 45.6 Å². The molecule has 0 bridgehead atoms. The van der Waals surface area contributed by atoms with E-state index in [1.54, 1.807) is 31.2 Å². The number of nitrogens with one attached hydrogen (secondary N) is 1. The zero-order valence-electron chi connectivity index (χ0n) is 14.2. The minimum atomic E-state index is -0.464. The van der Waals surface area contributed by atoms with E-state index in [1.165, 1.54) is 12.1 Å². The zero-order chi connectivity index (χ0) is 19.0. The topological polar surface area (TPSA) is 87.0 Å². The van der Waals surface area contributed by atoms with Crippen LogP contribution < -0.4 is 25.2 Å².